The van der Waals surface area contributed by atoms with E-state index in [9.17, 15) is 0 Å². The van der Waals surface area contributed by atoms with Crippen molar-refractivity contribution in [2.75, 3.05) is 6.61 Å². The third-order valence-electron chi connectivity index (χ3n) is 8.03. The zero-order valence-corrected chi connectivity index (χ0v) is 23.7. The van der Waals surface area contributed by atoms with Gasteiger partial charge in [0.15, 0.2) is 14.1 Å². The second-order valence-electron chi connectivity index (χ2n) is 12.1. The lowest BCUT2D eigenvalue weighted by molar-refractivity contribution is -0.297. The summed E-state index contributed by atoms with van der Waals surface area (Å²) in [5.41, 5.74) is 5.13. The predicted molar refractivity (Wildman–Crippen MR) is 142 cm³/mol. The Morgan fingerprint density at radius 3 is 2.42 bits per heavy atom. The van der Waals surface area contributed by atoms with Crippen LogP contribution in [0.3, 0.4) is 0 Å². The molecule has 0 aliphatic carbocycles. The van der Waals surface area contributed by atoms with Crippen molar-refractivity contribution >= 4 is 8.32 Å². The molecule has 0 amide bonds. The molecule has 0 radical (unpaired) electrons. The van der Waals surface area contributed by atoms with Crippen molar-refractivity contribution in [3.63, 3.8) is 0 Å². The Kier molecular flexibility index (Phi) is 6.27. The van der Waals surface area contributed by atoms with Crippen molar-refractivity contribution in [1.82, 2.24) is 0 Å². The van der Waals surface area contributed by atoms with Gasteiger partial charge in [-0.2, -0.15) is 0 Å². The van der Waals surface area contributed by atoms with Crippen LogP contribution in [0, 0.1) is 18.8 Å². The van der Waals surface area contributed by atoms with Crippen LogP contribution in [0.25, 0.3) is 0 Å². The number of fused-ring (bicyclic) bond motifs is 4. The van der Waals surface area contributed by atoms with Crippen molar-refractivity contribution in [3.05, 3.63) is 70.3 Å². The van der Waals surface area contributed by atoms with E-state index in [1.165, 1.54) is 0 Å². The zero-order chi connectivity index (χ0) is 25.9. The van der Waals surface area contributed by atoms with E-state index in [-0.39, 0.29) is 17.2 Å². The third kappa shape index (κ3) is 4.36. The second-order valence-corrected chi connectivity index (χ2v) is 16.9. The zero-order valence-electron chi connectivity index (χ0n) is 22.7. The SMILES string of the molecule is Cc1ccc(C#Cc2ccccc2)c2c1[C@@]1(OC2)O[C@H](CO[Si](C)(C)C(C)(C)C)[C@H]2OC(C)(C)O[C@H]21. The predicted octanol–water partition coefficient (Wildman–Crippen LogP) is 6.02. The molecule has 0 unspecified atom stereocenters. The number of hydrogen-bond acceptors (Lipinski definition) is 5. The topological polar surface area (TPSA) is 46.2 Å². The molecule has 0 bridgehead atoms. The second kappa shape index (κ2) is 8.80. The molecule has 1 spiro atoms. The van der Waals surface area contributed by atoms with Crippen LogP contribution in [0.2, 0.25) is 18.1 Å². The van der Waals surface area contributed by atoms with Crippen LogP contribution in [0.4, 0.5) is 0 Å². The van der Waals surface area contributed by atoms with Crippen LogP contribution in [0.1, 0.15) is 62.4 Å². The normalized spacial score (nSPS) is 28.6. The minimum absolute atomic E-state index is 0.106. The fourth-order valence-electron chi connectivity index (χ4n) is 5.10. The molecule has 2 fully saturated rings. The summed E-state index contributed by atoms with van der Waals surface area (Å²) >= 11 is 0. The fourth-order valence-corrected chi connectivity index (χ4v) is 6.11. The van der Waals surface area contributed by atoms with E-state index in [0.29, 0.717) is 13.2 Å². The maximum absolute atomic E-state index is 6.78. The van der Waals surface area contributed by atoms with Crippen molar-refractivity contribution < 1.29 is 23.4 Å². The molecule has 2 aromatic rings. The molecule has 5 nitrogen and oxygen atoms in total. The highest BCUT2D eigenvalue weighted by Gasteiger charge is 2.67. The van der Waals surface area contributed by atoms with Crippen molar-refractivity contribution in [3.8, 4) is 11.8 Å². The van der Waals surface area contributed by atoms with Gasteiger partial charge in [-0.1, -0.05) is 56.9 Å². The molecule has 4 atom stereocenters. The highest BCUT2D eigenvalue weighted by molar-refractivity contribution is 6.74. The number of aryl methyl sites for hydroxylation is 1. The first-order chi connectivity index (χ1) is 16.8. The summed E-state index contributed by atoms with van der Waals surface area (Å²) in [4.78, 5) is 0. The van der Waals surface area contributed by atoms with Gasteiger partial charge in [0.1, 0.15) is 18.3 Å². The monoisotopic (exact) mass is 506 g/mol. The Balaban J connectivity index is 1.50. The van der Waals surface area contributed by atoms with Crippen LogP contribution in [-0.2, 0) is 35.8 Å². The van der Waals surface area contributed by atoms with E-state index >= 15 is 0 Å². The summed E-state index contributed by atoms with van der Waals surface area (Å²) in [6.45, 7) is 18.1. The fraction of sp³-hybridized carbons (Fsp3) is 0.533. The van der Waals surface area contributed by atoms with E-state index in [1.807, 2.05) is 44.2 Å². The Morgan fingerprint density at radius 1 is 1.00 bits per heavy atom. The van der Waals surface area contributed by atoms with Crippen molar-refractivity contribution in [2.24, 2.45) is 0 Å². The van der Waals surface area contributed by atoms with Crippen molar-refractivity contribution in [1.29, 1.82) is 0 Å². The van der Waals surface area contributed by atoms with Crippen LogP contribution in [0.15, 0.2) is 42.5 Å². The van der Waals surface area contributed by atoms with Gasteiger partial charge in [-0.25, -0.2) is 0 Å². The van der Waals surface area contributed by atoms with E-state index < -0.39 is 26.0 Å². The quantitative estimate of drug-likeness (QED) is 0.376. The van der Waals surface area contributed by atoms with Gasteiger partial charge in [-0.3, -0.25) is 0 Å². The average Bonchev–Trinajstić information content (AvgIpc) is 3.43. The molecule has 0 saturated carbocycles. The van der Waals surface area contributed by atoms with E-state index in [1.54, 1.807) is 0 Å². The summed E-state index contributed by atoms with van der Waals surface area (Å²) in [7, 11) is -1.97. The molecule has 2 aromatic carbocycles. The summed E-state index contributed by atoms with van der Waals surface area (Å²) in [6.07, 6.45) is -0.970. The van der Waals surface area contributed by atoms with Crippen LogP contribution in [0.5, 0.6) is 0 Å². The lowest BCUT2D eigenvalue weighted by Gasteiger charge is -2.37. The number of hydrogen-bond donors (Lipinski definition) is 0. The first kappa shape index (κ1) is 25.7. The lowest BCUT2D eigenvalue weighted by Crippen LogP contribution is -2.44. The molecule has 6 heteroatoms. The molecule has 192 valence electrons. The molecule has 2 saturated heterocycles. The molecule has 36 heavy (non-hydrogen) atoms. The maximum atomic E-state index is 6.78. The Labute approximate surface area is 216 Å². The Bertz CT molecular complexity index is 1200. The minimum Gasteiger partial charge on any atom is -0.414 e. The third-order valence-corrected chi connectivity index (χ3v) is 12.5. The van der Waals surface area contributed by atoms with Gasteiger partial charge in [0.2, 0.25) is 5.79 Å². The van der Waals surface area contributed by atoms with Gasteiger partial charge >= 0.3 is 0 Å². The molecule has 3 aliphatic rings. The van der Waals surface area contributed by atoms with Crippen LogP contribution < -0.4 is 0 Å². The minimum atomic E-state index is -1.97. The number of ether oxygens (including phenoxy) is 4. The molecule has 3 heterocycles. The maximum Gasteiger partial charge on any atom is 0.226 e. The van der Waals surface area contributed by atoms with Gasteiger partial charge in [-0.15, -0.1) is 0 Å². The van der Waals surface area contributed by atoms with E-state index in [0.717, 1.165) is 27.8 Å². The van der Waals surface area contributed by atoms with Crippen LogP contribution >= 0.6 is 0 Å². The highest BCUT2D eigenvalue weighted by atomic mass is 28.4. The highest BCUT2D eigenvalue weighted by Crippen LogP contribution is 2.55. The standard InChI is InChI=1S/C30H38O5Si/c1-20-14-16-22(17-15-21-12-10-9-11-13-21)23-18-31-30(25(20)23)27-26(34-29(5,6)35-27)24(33-30)19-32-36(7,8)28(2,3)4/h9-14,16,24,26-27H,18-19H2,1-8H3/t24-,26-,27-,30-/m1/s1. The molecule has 3 aliphatic heterocycles. The number of rotatable bonds is 3. The van der Waals surface area contributed by atoms with E-state index in [2.05, 4.69) is 64.8 Å². The first-order valence-electron chi connectivity index (χ1n) is 12.8. The Morgan fingerprint density at radius 2 is 1.72 bits per heavy atom. The summed E-state index contributed by atoms with van der Waals surface area (Å²) in [5.74, 6) is 4.89. The molecule has 5 rings (SSSR count). The van der Waals surface area contributed by atoms with Gasteiger partial charge in [0.05, 0.1) is 13.2 Å². The smallest absolute Gasteiger partial charge is 0.226 e. The van der Waals surface area contributed by atoms with Gasteiger partial charge in [0.25, 0.3) is 0 Å². The van der Waals surface area contributed by atoms with Gasteiger partial charge in [0, 0.05) is 22.3 Å². The lowest BCUT2D eigenvalue weighted by atomic mass is 9.90. The van der Waals surface area contributed by atoms with Crippen molar-refractivity contribution in [2.45, 2.75) is 96.2 Å². The average molecular weight is 507 g/mol. The van der Waals surface area contributed by atoms with E-state index in [4.69, 9.17) is 23.4 Å². The molecular formula is C30H38O5Si. The Hall–Kier alpha value is -1.98. The van der Waals surface area contributed by atoms with Gasteiger partial charge in [-0.05, 0) is 62.7 Å². The summed E-state index contributed by atoms with van der Waals surface area (Å²) < 4.78 is 32.8. The first-order valence-corrected chi connectivity index (χ1v) is 15.8. The molecular weight excluding hydrogens is 468 g/mol. The summed E-state index contributed by atoms with van der Waals surface area (Å²) in [5, 5.41) is 0.106. The van der Waals surface area contributed by atoms with Gasteiger partial charge < -0.3 is 23.4 Å². The number of benzene rings is 2. The molecule has 0 N–H and O–H groups in total. The summed E-state index contributed by atoms with van der Waals surface area (Å²) in [6, 6.07) is 14.2. The molecule has 0 aromatic heterocycles. The van der Waals surface area contributed by atoms with Crippen LogP contribution in [-0.4, -0.2) is 39.0 Å². The largest absolute Gasteiger partial charge is 0.414 e.